The van der Waals surface area contributed by atoms with Gasteiger partial charge in [0.05, 0.1) is 18.2 Å². The average molecular weight is 521 g/mol. The third-order valence-electron chi connectivity index (χ3n) is 8.01. The van der Waals surface area contributed by atoms with Gasteiger partial charge in [0.1, 0.15) is 11.5 Å². The molecular weight excluding hydrogens is 500 g/mol. The van der Waals surface area contributed by atoms with Crippen LogP contribution in [0.4, 0.5) is 5.69 Å². The average Bonchev–Trinajstić information content (AvgIpc) is 3.65. The molecule has 1 aromatic heterocycles. The highest BCUT2D eigenvalue weighted by atomic mass is 35.5. The summed E-state index contributed by atoms with van der Waals surface area (Å²) in [4.78, 5) is 44.9. The van der Waals surface area contributed by atoms with Crippen LogP contribution in [0.15, 0.2) is 102 Å². The molecule has 1 N–H and O–H groups in total. The Hall–Kier alpha value is -4.42. The van der Waals surface area contributed by atoms with Crippen LogP contribution in [-0.4, -0.2) is 28.4 Å². The number of carbonyl (C=O) groups is 3. The van der Waals surface area contributed by atoms with Gasteiger partial charge in [-0.3, -0.25) is 14.4 Å². The number of para-hydroxylation sites is 1. The summed E-state index contributed by atoms with van der Waals surface area (Å²) in [5, 5.41) is 3.53. The number of halogens is 1. The molecule has 186 valence electrons. The van der Waals surface area contributed by atoms with E-state index in [0.717, 1.165) is 11.1 Å². The van der Waals surface area contributed by atoms with Gasteiger partial charge in [-0.05, 0) is 65.2 Å². The Labute approximate surface area is 223 Å². The number of ketones is 2. The normalized spacial score (nSPS) is 24.6. The predicted octanol–water partition coefficient (Wildman–Crippen LogP) is 5.91. The van der Waals surface area contributed by atoms with Crippen LogP contribution in [-0.2, 0) is 10.2 Å². The molecule has 0 unspecified atom stereocenters. The maximum Gasteiger partial charge on any atom is 0.238 e. The van der Waals surface area contributed by atoms with E-state index in [-0.39, 0.29) is 17.5 Å². The number of Topliss-reactive ketones (excluding diaryl/α,β-unsaturated/α-hetero) is 2. The van der Waals surface area contributed by atoms with Crippen LogP contribution in [0.1, 0.15) is 43.6 Å². The lowest BCUT2D eigenvalue weighted by molar-refractivity contribution is -0.122. The van der Waals surface area contributed by atoms with Gasteiger partial charge in [-0.2, -0.15) is 0 Å². The molecule has 0 saturated carbocycles. The molecule has 6 nitrogen and oxygen atoms in total. The Morgan fingerprint density at radius 2 is 1.66 bits per heavy atom. The Morgan fingerprint density at radius 3 is 2.45 bits per heavy atom. The van der Waals surface area contributed by atoms with E-state index in [1.807, 2.05) is 65.7 Å². The Balaban J connectivity index is 1.54. The van der Waals surface area contributed by atoms with Crippen LogP contribution < -0.4 is 5.32 Å². The Kier molecular flexibility index (Phi) is 4.97. The van der Waals surface area contributed by atoms with Crippen molar-refractivity contribution in [1.29, 1.82) is 0 Å². The topological polar surface area (TPSA) is 79.6 Å². The third-order valence-corrected chi connectivity index (χ3v) is 8.27. The number of hydrogen-bond donors (Lipinski definition) is 1. The van der Waals surface area contributed by atoms with Crippen LogP contribution in [0.25, 0.3) is 6.08 Å². The van der Waals surface area contributed by atoms with E-state index < -0.39 is 29.2 Å². The van der Waals surface area contributed by atoms with Gasteiger partial charge in [-0.1, -0.05) is 54.1 Å². The van der Waals surface area contributed by atoms with Gasteiger partial charge in [0, 0.05) is 22.5 Å². The fraction of sp³-hybridized carbons (Fsp3) is 0.129. The molecule has 4 atom stereocenters. The van der Waals surface area contributed by atoms with E-state index in [1.54, 1.807) is 36.4 Å². The maximum atomic E-state index is 14.4. The minimum Gasteiger partial charge on any atom is -0.461 e. The molecule has 4 aromatic rings. The molecule has 3 aliphatic rings. The number of benzene rings is 3. The summed E-state index contributed by atoms with van der Waals surface area (Å²) < 4.78 is 5.56. The molecule has 7 rings (SSSR count). The molecule has 3 aliphatic heterocycles. The molecule has 7 heteroatoms. The SMILES string of the molecule is O=C(c1ccc(Cl)cc1)[C@@H]1[C@@H](C(=O)c2ccco2)[C@@]2(C(=O)Nc3ccccc32)[C@H]2c3ccccc3C=CN12. The monoisotopic (exact) mass is 520 g/mol. The highest BCUT2D eigenvalue weighted by Gasteiger charge is 2.71. The number of fused-ring (bicyclic) bond motifs is 6. The second-order valence-corrected chi connectivity index (χ2v) is 10.2. The number of anilines is 1. The van der Waals surface area contributed by atoms with E-state index in [1.165, 1.54) is 6.26 Å². The van der Waals surface area contributed by atoms with Crippen LogP contribution >= 0.6 is 11.6 Å². The summed E-state index contributed by atoms with van der Waals surface area (Å²) in [6.07, 6.45) is 5.20. The lowest BCUT2D eigenvalue weighted by Crippen LogP contribution is -2.49. The molecule has 1 fully saturated rings. The smallest absolute Gasteiger partial charge is 0.238 e. The Bertz CT molecular complexity index is 1640. The molecule has 0 aliphatic carbocycles. The maximum absolute atomic E-state index is 14.4. The molecule has 3 aromatic carbocycles. The van der Waals surface area contributed by atoms with Crippen molar-refractivity contribution in [2.75, 3.05) is 5.32 Å². The molecular formula is C31H21ClN2O4. The van der Waals surface area contributed by atoms with Crippen molar-refractivity contribution in [3.63, 3.8) is 0 Å². The van der Waals surface area contributed by atoms with Crippen LogP contribution in [0, 0.1) is 5.92 Å². The van der Waals surface area contributed by atoms with Crippen LogP contribution in [0.5, 0.6) is 0 Å². The van der Waals surface area contributed by atoms with E-state index in [0.29, 0.717) is 21.8 Å². The number of rotatable bonds is 4. The fourth-order valence-electron chi connectivity index (χ4n) is 6.52. The first-order valence-electron chi connectivity index (χ1n) is 12.3. The van der Waals surface area contributed by atoms with Gasteiger partial charge < -0.3 is 14.6 Å². The number of hydrogen-bond acceptors (Lipinski definition) is 5. The molecule has 1 amide bonds. The zero-order valence-corrected chi connectivity index (χ0v) is 20.8. The van der Waals surface area contributed by atoms with Crippen molar-refractivity contribution in [1.82, 2.24) is 4.90 Å². The van der Waals surface area contributed by atoms with Gasteiger partial charge in [-0.25, -0.2) is 0 Å². The van der Waals surface area contributed by atoms with E-state index in [2.05, 4.69) is 5.32 Å². The summed E-state index contributed by atoms with van der Waals surface area (Å²) in [6, 6.07) is 23.5. The summed E-state index contributed by atoms with van der Waals surface area (Å²) in [5.41, 5.74) is 2.18. The first kappa shape index (κ1) is 22.8. The quantitative estimate of drug-likeness (QED) is 0.338. The molecule has 0 radical (unpaired) electrons. The summed E-state index contributed by atoms with van der Waals surface area (Å²) in [6.45, 7) is 0. The van der Waals surface area contributed by atoms with E-state index in [9.17, 15) is 14.4 Å². The lowest BCUT2D eigenvalue weighted by Gasteiger charge is -2.38. The molecule has 4 heterocycles. The van der Waals surface area contributed by atoms with Crippen molar-refractivity contribution in [3.05, 3.63) is 130 Å². The molecule has 0 bridgehead atoms. The largest absolute Gasteiger partial charge is 0.461 e. The van der Waals surface area contributed by atoms with Crippen molar-refractivity contribution >= 4 is 40.8 Å². The number of nitrogens with one attached hydrogen (secondary N) is 1. The minimum atomic E-state index is -1.38. The van der Waals surface area contributed by atoms with Crippen molar-refractivity contribution in [3.8, 4) is 0 Å². The van der Waals surface area contributed by atoms with Crippen LogP contribution in [0.3, 0.4) is 0 Å². The van der Waals surface area contributed by atoms with Gasteiger partial charge in [-0.15, -0.1) is 0 Å². The highest BCUT2D eigenvalue weighted by molar-refractivity contribution is 6.30. The summed E-state index contributed by atoms with van der Waals surface area (Å²) in [7, 11) is 0. The third kappa shape index (κ3) is 2.98. The number of furan rings is 1. The van der Waals surface area contributed by atoms with Crippen LogP contribution in [0.2, 0.25) is 5.02 Å². The second kappa shape index (κ2) is 8.30. The van der Waals surface area contributed by atoms with Gasteiger partial charge in [0.2, 0.25) is 11.7 Å². The summed E-state index contributed by atoms with van der Waals surface area (Å²) in [5.74, 6) is -1.93. The van der Waals surface area contributed by atoms with E-state index in [4.69, 9.17) is 16.0 Å². The van der Waals surface area contributed by atoms with Gasteiger partial charge >= 0.3 is 0 Å². The molecule has 38 heavy (non-hydrogen) atoms. The Morgan fingerprint density at radius 1 is 0.895 bits per heavy atom. The summed E-state index contributed by atoms with van der Waals surface area (Å²) >= 11 is 6.11. The predicted molar refractivity (Wildman–Crippen MR) is 143 cm³/mol. The minimum absolute atomic E-state index is 0.109. The lowest BCUT2D eigenvalue weighted by atomic mass is 9.63. The van der Waals surface area contributed by atoms with E-state index >= 15 is 0 Å². The zero-order valence-electron chi connectivity index (χ0n) is 20.0. The first-order chi connectivity index (χ1) is 18.5. The van der Waals surface area contributed by atoms with Gasteiger partial charge in [0.25, 0.3) is 0 Å². The van der Waals surface area contributed by atoms with Gasteiger partial charge in [0.15, 0.2) is 11.5 Å². The van der Waals surface area contributed by atoms with Crippen molar-refractivity contribution < 1.29 is 18.8 Å². The standard InChI is InChI=1S/C31H21ClN2O4/c32-20-13-11-19(12-14-20)27(35)26-25(28(36)24-10-5-17-38-24)31(22-8-3-4-9-23(22)33-30(31)37)29-21-7-2-1-6-18(21)15-16-34(26)29/h1-17,25-26,29H,(H,33,37)/t25-,26-,29+,31+/m0/s1. The fourth-order valence-corrected chi connectivity index (χ4v) is 6.65. The number of nitrogens with zero attached hydrogens (tertiary/aromatic N) is 1. The van der Waals surface area contributed by atoms with Crippen molar-refractivity contribution in [2.24, 2.45) is 5.92 Å². The second-order valence-electron chi connectivity index (χ2n) is 9.80. The number of amides is 1. The number of carbonyl (C=O) groups excluding carboxylic acids is 3. The zero-order chi connectivity index (χ0) is 26.0. The first-order valence-corrected chi connectivity index (χ1v) is 12.7. The van der Waals surface area contributed by atoms with Crippen molar-refractivity contribution in [2.45, 2.75) is 17.5 Å². The molecule has 1 saturated heterocycles. The highest BCUT2D eigenvalue weighted by Crippen LogP contribution is 2.62. The molecule has 1 spiro atoms.